The van der Waals surface area contributed by atoms with Crippen molar-refractivity contribution in [3.05, 3.63) is 17.5 Å². The van der Waals surface area contributed by atoms with Crippen molar-refractivity contribution in [3.8, 4) is 0 Å². The van der Waals surface area contributed by atoms with Crippen LogP contribution in [0.15, 0.2) is 10.6 Å². The third-order valence-corrected chi connectivity index (χ3v) is 2.87. The first-order chi connectivity index (χ1) is 7.25. The van der Waals surface area contributed by atoms with Crippen molar-refractivity contribution in [3.63, 3.8) is 0 Å². The van der Waals surface area contributed by atoms with E-state index in [2.05, 4.69) is 17.4 Å². The summed E-state index contributed by atoms with van der Waals surface area (Å²) in [5.74, 6) is 1.43. The molecule has 1 N–H and O–H groups in total. The Morgan fingerprint density at radius 3 is 3.20 bits per heavy atom. The maximum Gasteiger partial charge on any atom is 0.162 e. The van der Waals surface area contributed by atoms with Crippen molar-refractivity contribution in [2.45, 2.75) is 33.0 Å². The highest BCUT2D eigenvalue weighted by Crippen LogP contribution is 2.16. The first-order valence-electron chi connectivity index (χ1n) is 5.50. The minimum Gasteiger partial charge on any atom is -0.369 e. The number of hydrogen-bond donors (Lipinski definition) is 1. The maximum atomic E-state index is 5.80. The zero-order valence-electron chi connectivity index (χ0n) is 9.32. The highest BCUT2D eigenvalue weighted by atomic mass is 16.5. The third kappa shape index (κ3) is 2.79. The van der Waals surface area contributed by atoms with E-state index in [0.29, 0.717) is 18.6 Å². The molecule has 15 heavy (non-hydrogen) atoms. The van der Waals surface area contributed by atoms with Gasteiger partial charge in [-0.15, -0.1) is 0 Å². The van der Waals surface area contributed by atoms with E-state index in [1.807, 2.05) is 13.0 Å². The fourth-order valence-corrected chi connectivity index (χ4v) is 1.86. The number of aryl methyl sites for hydroxylation is 1. The monoisotopic (exact) mass is 210 g/mol. The Balaban J connectivity index is 1.81. The molecule has 0 aromatic carbocycles. The lowest BCUT2D eigenvalue weighted by atomic mass is 9.97. The Morgan fingerprint density at radius 1 is 1.67 bits per heavy atom. The molecule has 0 radical (unpaired) electrons. The number of nitrogens with one attached hydrogen (secondary N) is 1. The molecule has 1 aromatic rings. The summed E-state index contributed by atoms with van der Waals surface area (Å²) in [5.41, 5.74) is 0.906. The van der Waals surface area contributed by atoms with E-state index in [-0.39, 0.29) is 0 Å². The van der Waals surface area contributed by atoms with E-state index in [1.165, 1.54) is 6.42 Å². The summed E-state index contributed by atoms with van der Waals surface area (Å²) in [7, 11) is 0. The molecule has 0 saturated carbocycles. The SMILES string of the molecule is Cc1cc(COC2CNCCC2C)on1. The van der Waals surface area contributed by atoms with Crippen LogP contribution >= 0.6 is 0 Å². The van der Waals surface area contributed by atoms with Gasteiger partial charge in [0, 0.05) is 12.6 Å². The van der Waals surface area contributed by atoms with Gasteiger partial charge >= 0.3 is 0 Å². The zero-order chi connectivity index (χ0) is 10.7. The number of nitrogens with zero attached hydrogens (tertiary/aromatic N) is 1. The molecule has 1 aliphatic heterocycles. The highest BCUT2D eigenvalue weighted by molar-refractivity contribution is 5.01. The summed E-state index contributed by atoms with van der Waals surface area (Å²) >= 11 is 0. The van der Waals surface area contributed by atoms with Gasteiger partial charge in [-0.05, 0) is 25.8 Å². The van der Waals surface area contributed by atoms with Crippen LogP contribution < -0.4 is 5.32 Å². The molecular formula is C11H18N2O2. The summed E-state index contributed by atoms with van der Waals surface area (Å²) in [6.45, 7) is 6.71. The number of piperidine rings is 1. The largest absolute Gasteiger partial charge is 0.369 e. The van der Waals surface area contributed by atoms with Gasteiger partial charge in [0.1, 0.15) is 6.61 Å². The van der Waals surface area contributed by atoms with E-state index >= 15 is 0 Å². The zero-order valence-corrected chi connectivity index (χ0v) is 9.32. The topological polar surface area (TPSA) is 47.3 Å². The Morgan fingerprint density at radius 2 is 2.53 bits per heavy atom. The lowest BCUT2D eigenvalue weighted by molar-refractivity contribution is -0.0151. The van der Waals surface area contributed by atoms with Gasteiger partial charge in [-0.3, -0.25) is 0 Å². The van der Waals surface area contributed by atoms with Crippen molar-refractivity contribution in [1.82, 2.24) is 10.5 Å². The van der Waals surface area contributed by atoms with E-state index in [0.717, 1.165) is 24.5 Å². The molecule has 84 valence electrons. The molecule has 0 amide bonds. The van der Waals surface area contributed by atoms with E-state index in [4.69, 9.17) is 9.26 Å². The van der Waals surface area contributed by atoms with Gasteiger partial charge in [-0.1, -0.05) is 12.1 Å². The summed E-state index contributed by atoms with van der Waals surface area (Å²) in [4.78, 5) is 0. The van der Waals surface area contributed by atoms with E-state index in [9.17, 15) is 0 Å². The summed E-state index contributed by atoms with van der Waals surface area (Å²) < 4.78 is 10.9. The summed E-state index contributed by atoms with van der Waals surface area (Å²) in [6.07, 6.45) is 1.48. The second kappa shape index (κ2) is 4.77. The molecule has 2 unspecified atom stereocenters. The minimum absolute atomic E-state index is 0.296. The standard InChI is InChI=1S/C11H18N2O2/c1-8-3-4-12-6-11(8)14-7-10-5-9(2)13-15-10/h5,8,11-12H,3-4,6-7H2,1-2H3. The normalized spacial score (nSPS) is 26.8. The summed E-state index contributed by atoms with van der Waals surface area (Å²) in [6, 6.07) is 1.92. The predicted octanol–water partition coefficient (Wildman–Crippen LogP) is 1.50. The number of hydrogen-bond acceptors (Lipinski definition) is 4. The fourth-order valence-electron chi connectivity index (χ4n) is 1.86. The molecule has 1 aliphatic rings. The first kappa shape index (κ1) is 10.6. The summed E-state index contributed by atoms with van der Waals surface area (Å²) in [5, 5.41) is 7.16. The lowest BCUT2D eigenvalue weighted by Gasteiger charge is -2.29. The lowest BCUT2D eigenvalue weighted by Crippen LogP contribution is -2.40. The van der Waals surface area contributed by atoms with E-state index < -0.39 is 0 Å². The van der Waals surface area contributed by atoms with Crippen LogP contribution in [0.5, 0.6) is 0 Å². The maximum absolute atomic E-state index is 5.80. The molecule has 2 rings (SSSR count). The van der Waals surface area contributed by atoms with Crippen LogP contribution in [0.25, 0.3) is 0 Å². The van der Waals surface area contributed by atoms with Gasteiger partial charge in [0.2, 0.25) is 0 Å². The Hall–Kier alpha value is -0.870. The Kier molecular flexibility index (Phi) is 3.38. The van der Waals surface area contributed by atoms with Gasteiger partial charge < -0.3 is 14.6 Å². The quantitative estimate of drug-likeness (QED) is 0.821. The van der Waals surface area contributed by atoms with Crippen LogP contribution in [0.2, 0.25) is 0 Å². The first-order valence-corrected chi connectivity index (χ1v) is 5.50. The Labute approximate surface area is 90.0 Å². The molecule has 0 spiro atoms. The second-order valence-electron chi connectivity index (χ2n) is 4.25. The molecule has 0 aliphatic carbocycles. The second-order valence-corrected chi connectivity index (χ2v) is 4.25. The molecule has 2 heterocycles. The molecule has 1 aromatic heterocycles. The molecular weight excluding hydrogens is 192 g/mol. The minimum atomic E-state index is 0.296. The highest BCUT2D eigenvalue weighted by Gasteiger charge is 2.21. The fraction of sp³-hybridized carbons (Fsp3) is 0.727. The number of rotatable bonds is 3. The molecule has 2 atom stereocenters. The van der Waals surface area contributed by atoms with Crippen molar-refractivity contribution < 1.29 is 9.26 Å². The smallest absolute Gasteiger partial charge is 0.162 e. The van der Waals surface area contributed by atoms with Gasteiger partial charge in [0.05, 0.1) is 11.8 Å². The van der Waals surface area contributed by atoms with Crippen LogP contribution in [0.4, 0.5) is 0 Å². The van der Waals surface area contributed by atoms with Crippen LogP contribution in [0.3, 0.4) is 0 Å². The molecule has 4 nitrogen and oxygen atoms in total. The van der Waals surface area contributed by atoms with Gasteiger partial charge in [-0.2, -0.15) is 0 Å². The average Bonchev–Trinajstić information content (AvgIpc) is 2.63. The van der Waals surface area contributed by atoms with Crippen LogP contribution in [0.1, 0.15) is 24.8 Å². The number of aromatic nitrogens is 1. The van der Waals surface area contributed by atoms with Crippen molar-refractivity contribution in [1.29, 1.82) is 0 Å². The van der Waals surface area contributed by atoms with Gasteiger partial charge in [0.15, 0.2) is 5.76 Å². The predicted molar refractivity (Wildman–Crippen MR) is 56.5 cm³/mol. The van der Waals surface area contributed by atoms with Gasteiger partial charge in [-0.25, -0.2) is 0 Å². The van der Waals surface area contributed by atoms with Crippen LogP contribution in [-0.2, 0) is 11.3 Å². The van der Waals surface area contributed by atoms with E-state index in [1.54, 1.807) is 0 Å². The third-order valence-electron chi connectivity index (χ3n) is 2.87. The van der Waals surface area contributed by atoms with Crippen molar-refractivity contribution in [2.24, 2.45) is 5.92 Å². The molecule has 0 bridgehead atoms. The molecule has 4 heteroatoms. The van der Waals surface area contributed by atoms with Gasteiger partial charge in [0.25, 0.3) is 0 Å². The van der Waals surface area contributed by atoms with Crippen molar-refractivity contribution >= 4 is 0 Å². The molecule has 1 saturated heterocycles. The van der Waals surface area contributed by atoms with Crippen LogP contribution in [0, 0.1) is 12.8 Å². The average molecular weight is 210 g/mol. The Bertz CT molecular complexity index is 311. The molecule has 1 fully saturated rings. The van der Waals surface area contributed by atoms with Crippen LogP contribution in [-0.4, -0.2) is 24.4 Å². The van der Waals surface area contributed by atoms with Crippen molar-refractivity contribution in [2.75, 3.05) is 13.1 Å². The number of ether oxygens (including phenoxy) is 1.